The van der Waals surface area contributed by atoms with Crippen LogP contribution in [-0.4, -0.2) is 17.6 Å². The average molecular weight is 343 g/mol. The molecule has 0 N–H and O–H groups in total. The first-order valence-corrected chi connectivity index (χ1v) is 9.28. The first-order chi connectivity index (χ1) is 11.0. The fourth-order valence-electron chi connectivity index (χ4n) is 2.61. The van der Waals surface area contributed by atoms with E-state index in [4.69, 9.17) is 0 Å². The third-order valence-electron chi connectivity index (χ3n) is 3.70. The molecule has 3 nitrogen and oxygen atoms in total. The third kappa shape index (κ3) is 2.75. The number of thiophene rings is 1. The van der Waals surface area contributed by atoms with Crippen LogP contribution < -0.4 is 4.90 Å². The number of carbonyl (C=O) groups excluding carboxylic acids is 2. The number of anilines is 1. The van der Waals surface area contributed by atoms with Crippen LogP contribution in [0, 0.1) is 13.8 Å². The van der Waals surface area contributed by atoms with Gasteiger partial charge in [-0.3, -0.25) is 9.59 Å². The van der Waals surface area contributed by atoms with E-state index in [-0.39, 0.29) is 11.8 Å². The van der Waals surface area contributed by atoms with Crippen LogP contribution in [0.4, 0.5) is 5.69 Å². The van der Waals surface area contributed by atoms with Crippen LogP contribution in [0.3, 0.4) is 0 Å². The summed E-state index contributed by atoms with van der Waals surface area (Å²) in [5.74, 6) is 0.324. The topological polar surface area (TPSA) is 37.4 Å². The summed E-state index contributed by atoms with van der Waals surface area (Å²) in [5.41, 5.74) is 3.17. The molecule has 0 bridgehead atoms. The zero-order valence-corrected chi connectivity index (χ0v) is 14.9. The van der Waals surface area contributed by atoms with Gasteiger partial charge in [0.05, 0.1) is 16.2 Å². The van der Waals surface area contributed by atoms with Crippen molar-refractivity contribution in [2.75, 3.05) is 10.7 Å². The largest absolute Gasteiger partial charge is 0.272 e. The van der Waals surface area contributed by atoms with Crippen LogP contribution in [0.1, 0.15) is 22.9 Å². The molecule has 3 rings (SSSR count). The predicted octanol–water partition coefficient (Wildman–Crippen LogP) is 4.40. The Kier molecular flexibility index (Phi) is 4.41. The zero-order valence-electron chi connectivity index (χ0n) is 13.3. The number of rotatable bonds is 4. The summed E-state index contributed by atoms with van der Waals surface area (Å²) < 4.78 is 0. The Hall–Kier alpha value is -1.85. The van der Waals surface area contributed by atoms with Gasteiger partial charge in [0.25, 0.3) is 11.8 Å². The number of thioether (sulfide) groups is 1. The lowest BCUT2D eigenvalue weighted by molar-refractivity contribution is -0.119. The van der Waals surface area contributed by atoms with Crippen molar-refractivity contribution < 1.29 is 9.59 Å². The Morgan fingerprint density at radius 2 is 1.91 bits per heavy atom. The molecule has 1 aliphatic rings. The van der Waals surface area contributed by atoms with Gasteiger partial charge in [0.1, 0.15) is 0 Å². The number of aryl methyl sites for hydroxylation is 2. The first kappa shape index (κ1) is 16.0. The maximum Gasteiger partial charge on any atom is 0.272 e. The van der Waals surface area contributed by atoms with Gasteiger partial charge in [0.2, 0.25) is 0 Å². The van der Waals surface area contributed by atoms with E-state index < -0.39 is 0 Å². The maximum absolute atomic E-state index is 13.0. The second kappa shape index (κ2) is 6.34. The molecule has 2 aromatic rings. The SMILES string of the molecule is CCSC1=C(c2cccs2)C(=O)N(c2cc(C)ccc2C)C1=O. The van der Waals surface area contributed by atoms with Crippen molar-refractivity contribution in [1.29, 1.82) is 0 Å². The Balaban J connectivity index is 2.12. The number of nitrogens with zero attached hydrogens (tertiary/aromatic N) is 1. The summed E-state index contributed by atoms with van der Waals surface area (Å²) in [4.78, 5) is 28.6. The highest BCUT2D eigenvalue weighted by molar-refractivity contribution is 8.04. The highest BCUT2D eigenvalue weighted by Crippen LogP contribution is 2.40. The molecule has 23 heavy (non-hydrogen) atoms. The Labute approximate surface area is 144 Å². The summed E-state index contributed by atoms with van der Waals surface area (Å²) in [5, 5.41) is 1.93. The Morgan fingerprint density at radius 3 is 2.57 bits per heavy atom. The van der Waals surface area contributed by atoms with Gasteiger partial charge in [-0.15, -0.1) is 23.1 Å². The molecular formula is C18H17NO2S2. The van der Waals surface area contributed by atoms with Crippen LogP contribution >= 0.6 is 23.1 Å². The summed E-state index contributed by atoms with van der Waals surface area (Å²) >= 11 is 2.93. The van der Waals surface area contributed by atoms with Crippen molar-refractivity contribution in [3.05, 3.63) is 56.6 Å². The minimum absolute atomic E-state index is 0.209. The first-order valence-electron chi connectivity index (χ1n) is 7.41. The van der Waals surface area contributed by atoms with E-state index >= 15 is 0 Å². The standard InChI is InChI=1S/C18H17NO2S2/c1-4-22-16-15(14-6-5-9-23-14)17(20)19(18(16)21)13-10-11(2)7-8-12(13)3/h5-10H,4H2,1-3H3. The number of hydrogen-bond acceptors (Lipinski definition) is 4. The van der Waals surface area contributed by atoms with E-state index in [2.05, 4.69) is 0 Å². The number of hydrogen-bond donors (Lipinski definition) is 0. The van der Waals surface area contributed by atoms with Crippen LogP contribution in [0.25, 0.3) is 5.57 Å². The molecule has 0 atom stereocenters. The lowest BCUT2D eigenvalue weighted by Gasteiger charge is -2.18. The van der Waals surface area contributed by atoms with E-state index in [0.717, 1.165) is 21.8 Å². The van der Waals surface area contributed by atoms with Gasteiger partial charge in [-0.2, -0.15) is 0 Å². The predicted molar refractivity (Wildman–Crippen MR) is 97.8 cm³/mol. The minimum atomic E-state index is -0.220. The molecule has 0 radical (unpaired) electrons. The number of imide groups is 1. The van der Waals surface area contributed by atoms with E-state index in [9.17, 15) is 9.59 Å². The monoisotopic (exact) mass is 343 g/mol. The molecule has 0 unspecified atom stereocenters. The second-order valence-electron chi connectivity index (χ2n) is 5.35. The van der Waals surface area contributed by atoms with Crippen molar-refractivity contribution in [2.45, 2.75) is 20.8 Å². The summed E-state index contributed by atoms with van der Waals surface area (Å²) in [6.45, 7) is 5.87. The molecule has 118 valence electrons. The molecule has 1 aromatic heterocycles. The van der Waals surface area contributed by atoms with Crippen molar-refractivity contribution in [3.8, 4) is 0 Å². The van der Waals surface area contributed by atoms with Crippen LogP contribution in [0.5, 0.6) is 0 Å². The lowest BCUT2D eigenvalue weighted by atomic mass is 10.1. The molecule has 2 amide bonds. The molecule has 0 aliphatic carbocycles. The van der Waals surface area contributed by atoms with Crippen LogP contribution in [0.2, 0.25) is 0 Å². The molecule has 1 aliphatic heterocycles. The quantitative estimate of drug-likeness (QED) is 0.772. The maximum atomic E-state index is 13.0. The molecule has 0 saturated heterocycles. The van der Waals surface area contributed by atoms with E-state index in [1.807, 2.05) is 56.5 Å². The number of carbonyl (C=O) groups is 2. The zero-order chi connectivity index (χ0) is 16.6. The van der Waals surface area contributed by atoms with Crippen LogP contribution in [-0.2, 0) is 9.59 Å². The van der Waals surface area contributed by atoms with Crippen LogP contribution in [0.15, 0.2) is 40.6 Å². The fraction of sp³-hybridized carbons (Fsp3) is 0.222. The van der Waals surface area contributed by atoms with Crippen molar-refractivity contribution >= 4 is 46.2 Å². The number of benzene rings is 1. The van der Waals surface area contributed by atoms with Crippen molar-refractivity contribution in [2.24, 2.45) is 0 Å². The van der Waals surface area contributed by atoms with Gasteiger partial charge in [-0.25, -0.2) is 4.90 Å². The summed E-state index contributed by atoms with van der Waals surface area (Å²) in [6, 6.07) is 9.63. The molecule has 0 saturated carbocycles. The Bertz CT molecular complexity index is 806. The van der Waals surface area contributed by atoms with Crippen molar-refractivity contribution in [3.63, 3.8) is 0 Å². The van der Waals surface area contributed by atoms with Crippen molar-refractivity contribution in [1.82, 2.24) is 0 Å². The third-order valence-corrected chi connectivity index (χ3v) is 5.55. The minimum Gasteiger partial charge on any atom is -0.268 e. The fourth-order valence-corrected chi connectivity index (χ4v) is 4.28. The molecule has 0 spiro atoms. The van der Waals surface area contributed by atoms with E-state index in [1.54, 1.807) is 0 Å². The van der Waals surface area contributed by atoms with E-state index in [0.29, 0.717) is 16.2 Å². The molecule has 0 fully saturated rings. The lowest BCUT2D eigenvalue weighted by Crippen LogP contribution is -2.32. The van der Waals surface area contributed by atoms with Gasteiger partial charge in [-0.1, -0.05) is 25.1 Å². The van der Waals surface area contributed by atoms with Gasteiger partial charge in [0.15, 0.2) is 0 Å². The normalized spacial score (nSPS) is 15.0. The van der Waals surface area contributed by atoms with Gasteiger partial charge < -0.3 is 0 Å². The summed E-state index contributed by atoms with van der Waals surface area (Å²) in [7, 11) is 0. The number of amides is 2. The van der Waals surface area contributed by atoms with Gasteiger partial charge in [-0.05, 0) is 48.2 Å². The highest BCUT2D eigenvalue weighted by atomic mass is 32.2. The average Bonchev–Trinajstić information content (AvgIpc) is 3.11. The molecular weight excluding hydrogens is 326 g/mol. The summed E-state index contributed by atoms with van der Waals surface area (Å²) in [6.07, 6.45) is 0. The van der Waals surface area contributed by atoms with E-state index in [1.165, 1.54) is 28.0 Å². The highest BCUT2D eigenvalue weighted by Gasteiger charge is 2.40. The molecule has 1 aromatic carbocycles. The smallest absolute Gasteiger partial charge is 0.268 e. The second-order valence-corrected chi connectivity index (χ2v) is 7.57. The van der Waals surface area contributed by atoms with Gasteiger partial charge in [0, 0.05) is 4.88 Å². The molecule has 2 heterocycles. The Morgan fingerprint density at radius 1 is 1.13 bits per heavy atom. The van der Waals surface area contributed by atoms with Gasteiger partial charge >= 0.3 is 0 Å². The molecule has 5 heteroatoms.